The highest BCUT2D eigenvalue weighted by Gasteiger charge is 2.36. The number of hydrogen-bond donors (Lipinski definition) is 2. The molecule has 1 atom stereocenters. The van der Waals surface area contributed by atoms with Gasteiger partial charge in [-0.2, -0.15) is 0 Å². The minimum atomic E-state index is -0.692. The molecule has 1 saturated carbocycles. The number of unbranched alkanes of at least 4 members (excludes halogenated alkanes) is 1. The fourth-order valence-corrected chi connectivity index (χ4v) is 6.12. The van der Waals surface area contributed by atoms with Gasteiger partial charge in [-0.3, -0.25) is 4.79 Å². The van der Waals surface area contributed by atoms with E-state index in [1.165, 1.54) is 48.2 Å². The van der Waals surface area contributed by atoms with E-state index in [-0.39, 0.29) is 12.3 Å². The topological polar surface area (TPSA) is 74.7 Å². The van der Waals surface area contributed by atoms with Crippen LogP contribution in [0.3, 0.4) is 0 Å². The van der Waals surface area contributed by atoms with Crippen LogP contribution < -0.4 is 10.2 Å². The van der Waals surface area contributed by atoms with Crippen LogP contribution in [-0.4, -0.2) is 48.9 Å². The van der Waals surface area contributed by atoms with Crippen LogP contribution in [-0.2, 0) is 22.4 Å². The Hall–Kier alpha value is -2.60. The molecule has 6 heteroatoms. The van der Waals surface area contributed by atoms with Crippen LogP contribution in [0.25, 0.3) is 0 Å². The van der Waals surface area contributed by atoms with Crippen LogP contribution >= 0.6 is 0 Å². The van der Waals surface area contributed by atoms with Gasteiger partial charge in [0.25, 0.3) is 0 Å². The number of nitrogens with one attached hydrogen (secondary N) is 1. The quantitative estimate of drug-likeness (QED) is 0.454. The first-order chi connectivity index (χ1) is 17.2. The number of carboxylic acid groups (broad SMARTS) is 1. The molecule has 5 rings (SSSR count). The smallest absolute Gasteiger partial charge is 0.303 e. The Morgan fingerprint density at radius 3 is 2.86 bits per heavy atom. The maximum atomic E-state index is 11.7. The minimum Gasteiger partial charge on any atom is -0.481 e. The van der Waals surface area contributed by atoms with Gasteiger partial charge in [0.05, 0.1) is 19.6 Å². The highest BCUT2D eigenvalue weighted by atomic mass is 16.5. The van der Waals surface area contributed by atoms with Gasteiger partial charge in [-0.25, -0.2) is 4.98 Å². The third-order valence-corrected chi connectivity index (χ3v) is 8.16. The molecule has 3 heterocycles. The molecule has 6 nitrogen and oxygen atoms in total. The Kier molecular flexibility index (Phi) is 7.87. The summed E-state index contributed by atoms with van der Waals surface area (Å²) in [6.45, 7) is 4.35. The lowest BCUT2D eigenvalue weighted by Gasteiger charge is -2.41. The zero-order valence-electron chi connectivity index (χ0n) is 20.8. The maximum absolute atomic E-state index is 11.7. The first-order valence-corrected chi connectivity index (χ1v) is 13.5. The van der Waals surface area contributed by atoms with E-state index in [0.717, 1.165) is 70.3 Å². The summed E-state index contributed by atoms with van der Waals surface area (Å²) in [7, 11) is 0. The van der Waals surface area contributed by atoms with Gasteiger partial charge in [0.2, 0.25) is 0 Å². The second kappa shape index (κ2) is 11.4. The van der Waals surface area contributed by atoms with Crippen molar-refractivity contribution in [3.05, 3.63) is 53.2 Å². The Morgan fingerprint density at radius 2 is 2.03 bits per heavy atom. The molecule has 2 aliphatic heterocycles. The molecule has 1 aromatic heterocycles. The molecule has 1 aliphatic carbocycles. The second-order valence-electron chi connectivity index (χ2n) is 10.6. The van der Waals surface area contributed by atoms with Crippen molar-refractivity contribution in [1.29, 1.82) is 0 Å². The summed E-state index contributed by atoms with van der Waals surface area (Å²) in [4.78, 5) is 18.9. The van der Waals surface area contributed by atoms with Crippen molar-refractivity contribution in [2.75, 3.05) is 43.1 Å². The van der Waals surface area contributed by atoms with Crippen LogP contribution in [0.4, 0.5) is 11.5 Å². The number of carbonyl (C=O) groups is 1. The third kappa shape index (κ3) is 6.16. The minimum absolute atomic E-state index is 0.108. The fraction of sp³-hybridized carbons (Fsp3) is 0.586. The molecule has 0 bridgehead atoms. The number of aromatic nitrogens is 1. The third-order valence-electron chi connectivity index (χ3n) is 8.16. The van der Waals surface area contributed by atoms with Crippen LogP contribution in [0.5, 0.6) is 0 Å². The molecule has 1 unspecified atom stereocenters. The van der Waals surface area contributed by atoms with Gasteiger partial charge in [0.1, 0.15) is 5.82 Å². The first kappa shape index (κ1) is 24.1. The highest BCUT2D eigenvalue weighted by Crippen LogP contribution is 2.47. The standard InChI is InChI=1S/C29H39N3O3/c33-28(34)20-27(23-6-3-9-26(19-23)32-13-15-35-16-14-32)24-17-21(18-24)5-1-2-8-25-11-10-22-7-4-12-30-29(22)31-25/h3,6,9-11,19,21,24,27H,1-2,4-5,7-8,12-18,20H2,(H,30,31)(H,33,34). The number of pyridine rings is 1. The number of carboxylic acids is 1. The number of aryl methyl sites for hydroxylation is 2. The molecule has 3 aliphatic rings. The lowest BCUT2D eigenvalue weighted by molar-refractivity contribution is -0.138. The Morgan fingerprint density at radius 1 is 1.17 bits per heavy atom. The molecule has 2 aromatic rings. The van der Waals surface area contributed by atoms with Crippen molar-refractivity contribution < 1.29 is 14.6 Å². The predicted molar refractivity (Wildman–Crippen MR) is 139 cm³/mol. The molecular weight excluding hydrogens is 438 g/mol. The summed E-state index contributed by atoms with van der Waals surface area (Å²) in [6, 6.07) is 13.0. The van der Waals surface area contributed by atoms with Crippen LogP contribution in [0, 0.1) is 11.8 Å². The van der Waals surface area contributed by atoms with E-state index in [4.69, 9.17) is 9.72 Å². The number of fused-ring (bicyclic) bond motifs is 1. The summed E-state index contributed by atoms with van der Waals surface area (Å²) in [6.07, 6.45) is 9.55. The van der Waals surface area contributed by atoms with Crippen LogP contribution in [0.2, 0.25) is 0 Å². The number of nitrogens with zero attached hydrogens (tertiary/aromatic N) is 2. The van der Waals surface area contributed by atoms with Crippen molar-refractivity contribution in [1.82, 2.24) is 4.98 Å². The van der Waals surface area contributed by atoms with Crippen LogP contribution in [0.1, 0.15) is 67.7 Å². The van der Waals surface area contributed by atoms with Crippen molar-refractivity contribution in [3.63, 3.8) is 0 Å². The Balaban J connectivity index is 1.10. The Labute approximate surface area is 209 Å². The van der Waals surface area contributed by atoms with Gasteiger partial charge in [-0.05, 0) is 85.6 Å². The van der Waals surface area contributed by atoms with E-state index >= 15 is 0 Å². The number of morpholine rings is 1. The van der Waals surface area contributed by atoms with E-state index in [0.29, 0.717) is 5.92 Å². The number of hydrogen-bond acceptors (Lipinski definition) is 5. The fourth-order valence-electron chi connectivity index (χ4n) is 6.12. The molecule has 0 amide bonds. The van der Waals surface area contributed by atoms with Gasteiger partial charge >= 0.3 is 5.97 Å². The molecule has 2 fully saturated rings. The molecule has 0 spiro atoms. The number of rotatable bonds is 10. The SMILES string of the molecule is O=C(O)CC(c1cccc(N2CCOCC2)c1)C1CC(CCCCc2ccc3c(n2)NCCC3)C1. The zero-order chi connectivity index (χ0) is 24.0. The molecule has 2 N–H and O–H groups in total. The van der Waals surface area contributed by atoms with E-state index in [9.17, 15) is 9.90 Å². The largest absolute Gasteiger partial charge is 0.481 e. The number of ether oxygens (including phenoxy) is 1. The van der Waals surface area contributed by atoms with Gasteiger partial charge < -0.3 is 20.1 Å². The molecular formula is C29H39N3O3. The summed E-state index contributed by atoms with van der Waals surface area (Å²) in [5.41, 5.74) is 4.94. The van der Waals surface area contributed by atoms with Gasteiger partial charge in [0.15, 0.2) is 0 Å². The maximum Gasteiger partial charge on any atom is 0.303 e. The van der Waals surface area contributed by atoms with Gasteiger partial charge in [-0.1, -0.05) is 31.0 Å². The molecule has 188 valence electrons. The molecule has 1 saturated heterocycles. The average molecular weight is 478 g/mol. The zero-order valence-corrected chi connectivity index (χ0v) is 20.8. The molecule has 35 heavy (non-hydrogen) atoms. The monoisotopic (exact) mass is 477 g/mol. The lowest BCUT2D eigenvalue weighted by Crippen LogP contribution is -2.36. The van der Waals surface area contributed by atoms with E-state index in [1.54, 1.807) is 0 Å². The Bertz CT molecular complexity index is 998. The average Bonchev–Trinajstić information content (AvgIpc) is 2.87. The second-order valence-corrected chi connectivity index (χ2v) is 10.6. The predicted octanol–water partition coefficient (Wildman–Crippen LogP) is 5.27. The van der Waals surface area contributed by atoms with Gasteiger partial charge in [0, 0.05) is 31.0 Å². The van der Waals surface area contributed by atoms with Gasteiger partial charge in [-0.15, -0.1) is 0 Å². The summed E-state index contributed by atoms with van der Waals surface area (Å²) in [5, 5.41) is 13.0. The van der Waals surface area contributed by atoms with Crippen LogP contribution in [0.15, 0.2) is 36.4 Å². The number of aliphatic carboxylic acids is 1. The normalized spacial score (nSPS) is 22.6. The summed E-state index contributed by atoms with van der Waals surface area (Å²) >= 11 is 0. The lowest BCUT2D eigenvalue weighted by atomic mass is 9.64. The summed E-state index contributed by atoms with van der Waals surface area (Å²) < 4.78 is 5.49. The first-order valence-electron chi connectivity index (χ1n) is 13.5. The number of anilines is 2. The van der Waals surface area contributed by atoms with Crippen molar-refractivity contribution in [2.24, 2.45) is 11.8 Å². The molecule has 1 aromatic carbocycles. The van der Waals surface area contributed by atoms with E-state index < -0.39 is 5.97 Å². The van der Waals surface area contributed by atoms with E-state index in [1.807, 2.05) is 0 Å². The van der Waals surface area contributed by atoms with Crippen molar-refractivity contribution in [3.8, 4) is 0 Å². The van der Waals surface area contributed by atoms with Crippen molar-refractivity contribution in [2.45, 2.75) is 63.7 Å². The summed E-state index contributed by atoms with van der Waals surface area (Å²) in [5.74, 6) is 1.72. The number of benzene rings is 1. The highest BCUT2D eigenvalue weighted by molar-refractivity contribution is 5.68. The van der Waals surface area contributed by atoms with E-state index in [2.05, 4.69) is 46.6 Å². The van der Waals surface area contributed by atoms with Crippen molar-refractivity contribution >= 4 is 17.5 Å². The molecule has 0 radical (unpaired) electrons.